The molecule has 1 aliphatic carbocycles. The molecule has 4 atom stereocenters. The average Bonchev–Trinajstić information content (AvgIpc) is 2.66. The van der Waals surface area contributed by atoms with Gasteiger partial charge in [-0.25, -0.2) is 0 Å². The average molecular weight is 422 g/mol. The van der Waals surface area contributed by atoms with E-state index >= 15 is 0 Å². The van der Waals surface area contributed by atoms with Crippen molar-refractivity contribution in [2.45, 2.75) is 34.3 Å². The number of alkyl halides is 2. The molecule has 0 heterocycles. The summed E-state index contributed by atoms with van der Waals surface area (Å²) in [4.78, 5) is 13.0. The van der Waals surface area contributed by atoms with Crippen molar-refractivity contribution in [3.8, 4) is 0 Å². The van der Waals surface area contributed by atoms with Crippen LogP contribution < -0.4 is 0 Å². The van der Waals surface area contributed by atoms with E-state index in [-0.39, 0.29) is 17.6 Å². The molecule has 1 aliphatic rings. The predicted octanol–water partition coefficient (Wildman–Crippen LogP) is 5.44. The summed E-state index contributed by atoms with van der Waals surface area (Å²) in [5.74, 6) is 0.351. The molecule has 1 nitrogen and oxygen atoms in total. The van der Waals surface area contributed by atoms with Crippen molar-refractivity contribution in [1.29, 1.82) is 0 Å². The van der Waals surface area contributed by atoms with Crippen LogP contribution in [0.4, 0.5) is 0 Å². The van der Waals surface area contributed by atoms with E-state index in [0.717, 1.165) is 0 Å². The Balaban J connectivity index is 2.21. The normalized spacial score (nSPS) is 34.8. The van der Waals surface area contributed by atoms with Crippen molar-refractivity contribution in [3.05, 3.63) is 71.8 Å². The molecule has 0 N–H and O–H groups in total. The van der Waals surface area contributed by atoms with Crippen molar-refractivity contribution in [1.82, 2.24) is 0 Å². The molecule has 0 aromatic heterocycles. The molecular formula is C19H18Br2O. The standard InChI is InChI=1S/C19H18Br2O/c1-18(20)15(13-9-5-3-6-10-13)16(19(2,21)17(18)22)14-11-7-4-8-12-14/h3-12,15-16H,1-2H3/t15-,16-,18-,19-/m0/s1. The van der Waals surface area contributed by atoms with Crippen molar-refractivity contribution >= 4 is 37.6 Å². The van der Waals surface area contributed by atoms with E-state index in [1.807, 2.05) is 50.2 Å². The van der Waals surface area contributed by atoms with Crippen LogP contribution in [0.1, 0.15) is 36.8 Å². The maximum atomic E-state index is 13.0. The lowest BCUT2D eigenvalue weighted by Crippen LogP contribution is -2.35. The number of Topliss-reactive ketones (excluding diaryl/α,β-unsaturated/α-hetero) is 1. The molecule has 2 aromatic carbocycles. The summed E-state index contributed by atoms with van der Waals surface area (Å²) in [7, 11) is 0. The molecule has 3 rings (SSSR count). The maximum absolute atomic E-state index is 13.0. The largest absolute Gasteiger partial charge is 0.297 e. The minimum atomic E-state index is -0.590. The fourth-order valence-corrected chi connectivity index (χ4v) is 5.87. The monoisotopic (exact) mass is 420 g/mol. The fourth-order valence-electron chi connectivity index (χ4n) is 3.72. The lowest BCUT2D eigenvalue weighted by atomic mass is 9.78. The number of ketones is 1. The van der Waals surface area contributed by atoms with Gasteiger partial charge in [0.25, 0.3) is 0 Å². The Kier molecular flexibility index (Phi) is 4.07. The summed E-state index contributed by atoms with van der Waals surface area (Å²) in [5, 5.41) is 0. The summed E-state index contributed by atoms with van der Waals surface area (Å²) in [5.41, 5.74) is 2.37. The molecule has 0 bridgehead atoms. The highest BCUT2D eigenvalue weighted by molar-refractivity contribution is 9.11. The highest BCUT2D eigenvalue weighted by Gasteiger charge is 2.62. The van der Waals surface area contributed by atoms with Gasteiger partial charge in [-0.3, -0.25) is 4.79 Å². The number of hydrogen-bond donors (Lipinski definition) is 0. The van der Waals surface area contributed by atoms with Crippen molar-refractivity contribution in [2.75, 3.05) is 0 Å². The number of benzene rings is 2. The van der Waals surface area contributed by atoms with Crippen LogP contribution in [0.15, 0.2) is 60.7 Å². The van der Waals surface area contributed by atoms with E-state index < -0.39 is 8.65 Å². The van der Waals surface area contributed by atoms with Gasteiger partial charge in [0, 0.05) is 11.8 Å². The second-order valence-electron chi connectivity index (χ2n) is 6.26. The minimum absolute atomic E-state index is 0.0768. The third-order valence-corrected chi connectivity index (χ3v) is 6.41. The van der Waals surface area contributed by atoms with Gasteiger partial charge >= 0.3 is 0 Å². The topological polar surface area (TPSA) is 17.1 Å². The third-order valence-electron chi connectivity index (χ3n) is 4.71. The second kappa shape index (κ2) is 5.61. The third kappa shape index (κ3) is 2.39. The molecule has 0 radical (unpaired) electrons. The van der Waals surface area contributed by atoms with E-state index in [4.69, 9.17) is 0 Å². The van der Waals surface area contributed by atoms with E-state index in [1.165, 1.54) is 11.1 Å². The molecule has 1 fully saturated rings. The zero-order chi connectivity index (χ0) is 16.0. The van der Waals surface area contributed by atoms with Crippen LogP contribution in [0, 0.1) is 0 Å². The van der Waals surface area contributed by atoms with E-state index in [1.54, 1.807) is 0 Å². The molecule has 0 unspecified atom stereocenters. The second-order valence-corrected chi connectivity index (χ2v) is 9.55. The molecule has 0 saturated heterocycles. The number of carbonyl (C=O) groups excluding carboxylic acids is 1. The fraction of sp³-hybridized carbons (Fsp3) is 0.316. The first kappa shape index (κ1) is 15.9. The van der Waals surface area contributed by atoms with E-state index in [9.17, 15) is 4.79 Å². The van der Waals surface area contributed by atoms with Gasteiger partial charge in [-0.2, -0.15) is 0 Å². The molecule has 3 heteroatoms. The first-order valence-corrected chi connectivity index (χ1v) is 8.98. The number of halogens is 2. The SMILES string of the molecule is C[C@@]1(Br)C(=O)[C@@](C)(Br)[C@@H](c2ccccc2)[C@@H]1c1ccccc1. The van der Waals surface area contributed by atoms with E-state index in [0.29, 0.717) is 0 Å². The quantitative estimate of drug-likeness (QED) is 0.589. The summed E-state index contributed by atoms with van der Waals surface area (Å²) >= 11 is 7.49. The number of carbonyl (C=O) groups is 1. The van der Waals surface area contributed by atoms with E-state index in [2.05, 4.69) is 56.1 Å². The highest BCUT2D eigenvalue weighted by Crippen LogP contribution is 2.61. The molecule has 22 heavy (non-hydrogen) atoms. The van der Waals surface area contributed by atoms with Crippen molar-refractivity contribution in [2.24, 2.45) is 0 Å². The van der Waals surface area contributed by atoms with Crippen molar-refractivity contribution in [3.63, 3.8) is 0 Å². The lowest BCUT2D eigenvalue weighted by molar-refractivity contribution is -0.120. The van der Waals surface area contributed by atoms with Gasteiger partial charge in [0.15, 0.2) is 5.78 Å². The summed E-state index contributed by atoms with van der Waals surface area (Å²) < 4.78 is -1.18. The maximum Gasteiger partial charge on any atom is 0.166 e. The Labute approximate surface area is 148 Å². The zero-order valence-electron chi connectivity index (χ0n) is 12.6. The van der Waals surface area contributed by atoms with Crippen LogP contribution in [0.5, 0.6) is 0 Å². The Bertz CT molecular complexity index is 618. The van der Waals surface area contributed by atoms with Gasteiger partial charge in [0.05, 0.1) is 8.65 Å². The molecule has 0 aliphatic heterocycles. The van der Waals surface area contributed by atoms with Crippen LogP contribution in [-0.4, -0.2) is 14.4 Å². The van der Waals surface area contributed by atoms with Crippen LogP contribution in [0.2, 0.25) is 0 Å². The highest BCUT2D eigenvalue weighted by atomic mass is 79.9. The first-order valence-electron chi connectivity index (χ1n) is 7.39. The molecule has 0 amide bonds. The number of hydrogen-bond acceptors (Lipinski definition) is 1. The van der Waals surface area contributed by atoms with Crippen LogP contribution in [-0.2, 0) is 4.79 Å². The van der Waals surface area contributed by atoms with Gasteiger partial charge in [0.1, 0.15) is 0 Å². The first-order chi connectivity index (χ1) is 10.4. The Morgan fingerprint density at radius 2 is 1.05 bits per heavy atom. The Morgan fingerprint density at radius 3 is 1.36 bits per heavy atom. The number of rotatable bonds is 2. The van der Waals surface area contributed by atoms with Crippen LogP contribution in [0.3, 0.4) is 0 Å². The molecular weight excluding hydrogens is 404 g/mol. The summed E-state index contributed by atoms with van der Waals surface area (Å²) in [6, 6.07) is 20.6. The van der Waals surface area contributed by atoms with Crippen LogP contribution in [0.25, 0.3) is 0 Å². The molecule has 1 saturated carbocycles. The van der Waals surface area contributed by atoms with Gasteiger partial charge < -0.3 is 0 Å². The minimum Gasteiger partial charge on any atom is -0.297 e. The Morgan fingerprint density at radius 1 is 0.727 bits per heavy atom. The van der Waals surface area contributed by atoms with Crippen LogP contribution >= 0.6 is 31.9 Å². The summed E-state index contributed by atoms with van der Waals surface area (Å²) in [6.45, 7) is 3.99. The molecule has 114 valence electrons. The smallest absolute Gasteiger partial charge is 0.166 e. The molecule has 2 aromatic rings. The van der Waals surface area contributed by atoms with Gasteiger partial charge in [-0.05, 0) is 25.0 Å². The van der Waals surface area contributed by atoms with Gasteiger partial charge in [-0.1, -0.05) is 92.5 Å². The molecule has 0 spiro atoms. The predicted molar refractivity (Wildman–Crippen MR) is 98.0 cm³/mol. The zero-order valence-corrected chi connectivity index (χ0v) is 15.8. The van der Waals surface area contributed by atoms with Gasteiger partial charge in [-0.15, -0.1) is 0 Å². The Hall–Kier alpha value is -0.930. The summed E-state index contributed by atoms with van der Waals surface area (Å²) in [6.07, 6.45) is 0. The lowest BCUT2D eigenvalue weighted by Gasteiger charge is -2.30. The van der Waals surface area contributed by atoms with Gasteiger partial charge in [0.2, 0.25) is 0 Å². The van der Waals surface area contributed by atoms with Crippen molar-refractivity contribution < 1.29 is 4.79 Å².